The maximum absolute atomic E-state index is 12.8. The summed E-state index contributed by atoms with van der Waals surface area (Å²) >= 11 is 0. The van der Waals surface area contributed by atoms with Gasteiger partial charge in [-0.25, -0.2) is 15.0 Å². The highest BCUT2D eigenvalue weighted by Gasteiger charge is 2.29. The standard InChI is InChI=1S/C27H28N8O/c1-34(27(36)19-5-3-2-4-6-19)33-23-15-20(9-10-30-23)25-31-22-17-29-16-21(18-7-8-18)24(22)26(32-25)35-13-11-28-12-14-35/h2-6,9-10,15-18,28H,7-8,11-14H2,1H3,(H,30,33). The molecule has 1 saturated carbocycles. The first-order chi connectivity index (χ1) is 17.7. The quantitative estimate of drug-likeness (QED) is 0.405. The highest BCUT2D eigenvalue weighted by Crippen LogP contribution is 2.44. The topological polar surface area (TPSA) is 99.2 Å². The maximum Gasteiger partial charge on any atom is 0.271 e. The Morgan fingerprint density at radius 2 is 1.89 bits per heavy atom. The normalized spacial score (nSPS) is 15.6. The second kappa shape index (κ2) is 9.50. The molecule has 1 aromatic carbocycles. The number of aromatic nitrogens is 4. The largest absolute Gasteiger partial charge is 0.353 e. The lowest BCUT2D eigenvalue weighted by Gasteiger charge is -2.30. The Morgan fingerprint density at radius 1 is 1.08 bits per heavy atom. The van der Waals surface area contributed by atoms with Crippen molar-refractivity contribution >= 4 is 28.4 Å². The van der Waals surface area contributed by atoms with E-state index in [1.54, 1.807) is 25.4 Å². The fourth-order valence-electron chi connectivity index (χ4n) is 4.66. The summed E-state index contributed by atoms with van der Waals surface area (Å²) in [4.78, 5) is 34.0. The van der Waals surface area contributed by atoms with E-state index < -0.39 is 0 Å². The Labute approximate surface area is 209 Å². The van der Waals surface area contributed by atoms with Crippen LogP contribution in [0.2, 0.25) is 0 Å². The van der Waals surface area contributed by atoms with Crippen molar-refractivity contribution in [3.05, 3.63) is 72.2 Å². The summed E-state index contributed by atoms with van der Waals surface area (Å²) in [5.74, 6) is 2.53. The van der Waals surface area contributed by atoms with Crippen molar-refractivity contribution in [2.45, 2.75) is 18.8 Å². The molecule has 182 valence electrons. The summed E-state index contributed by atoms with van der Waals surface area (Å²) in [7, 11) is 1.68. The van der Waals surface area contributed by atoms with E-state index in [0.29, 0.717) is 23.1 Å². The molecule has 3 aromatic heterocycles. The molecule has 1 saturated heterocycles. The number of piperazine rings is 1. The van der Waals surface area contributed by atoms with E-state index >= 15 is 0 Å². The zero-order valence-corrected chi connectivity index (χ0v) is 20.2. The predicted molar refractivity (Wildman–Crippen MR) is 140 cm³/mol. The van der Waals surface area contributed by atoms with Crippen LogP contribution in [0.5, 0.6) is 0 Å². The van der Waals surface area contributed by atoms with Crippen LogP contribution in [-0.4, -0.2) is 64.1 Å². The van der Waals surface area contributed by atoms with Crippen LogP contribution in [0, 0.1) is 0 Å². The molecule has 2 fully saturated rings. The lowest BCUT2D eigenvalue weighted by atomic mass is 10.1. The van der Waals surface area contributed by atoms with Gasteiger partial charge in [0.05, 0.1) is 11.7 Å². The molecule has 0 spiro atoms. The molecule has 0 unspecified atom stereocenters. The molecule has 2 N–H and O–H groups in total. The Kier molecular flexibility index (Phi) is 5.90. The van der Waals surface area contributed by atoms with Crippen molar-refractivity contribution in [1.29, 1.82) is 0 Å². The fourth-order valence-corrected chi connectivity index (χ4v) is 4.66. The van der Waals surface area contributed by atoms with Crippen LogP contribution < -0.4 is 15.6 Å². The minimum atomic E-state index is -0.149. The number of amides is 1. The first kappa shape index (κ1) is 22.4. The van der Waals surface area contributed by atoms with Gasteiger partial charge in [-0.3, -0.25) is 20.2 Å². The average Bonchev–Trinajstić information content (AvgIpc) is 3.78. The molecular weight excluding hydrogens is 452 g/mol. The number of benzene rings is 1. The second-order valence-electron chi connectivity index (χ2n) is 9.28. The van der Waals surface area contributed by atoms with Crippen molar-refractivity contribution < 1.29 is 4.79 Å². The molecule has 2 aliphatic rings. The fraction of sp³-hybridized carbons (Fsp3) is 0.296. The van der Waals surface area contributed by atoms with Crippen molar-refractivity contribution in [2.24, 2.45) is 0 Å². The van der Waals surface area contributed by atoms with Gasteiger partial charge in [0.15, 0.2) is 5.82 Å². The van der Waals surface area contributed by atoms with Gasteiger partial charge in [0.25, 0.3) is 5.91 Å². The van der Waals surface area contributed by atoms with Crippen LogP contribution in [0.25, 0.3) is 22.3 Å². The van der Waals surface area contributed by atoms with Crippen LogP contribution in [-0.2, 0) is 0 Å². The van der Waals surface area contributed by atoms with Gasteiger partial charge in [-0.15, -0.1) is 0 Å². The number of rotatable bonds is 6. The van der Waals surface area contributed by atoms with E-state index in [1.807, 2.05) is 42.7 Å². The molecule has 4 aromatic rings. The van der Waals surface area contributed by atoms with E-state index in [-0.39, 0.29) is 5.91 Å². The third-order valence-electron chi connectivity index (χ3n) is 6.68. The van der Waals surface area contributed by atoms with E-state index in [2.05, 4.69) is 25.6 Å². The lowest BCUT2D eigenvalue weighted by molar-refractivity contribution is 0.0825. The summed E-state index contributed by atoms with van der Waals surface area (Å²) < 4.78 is 0. The average molecular weight is 481 g/mol. The van der Waals surface area contributed by atoms with E-state index in [9.17, 15) is 4.79 Å². The van der Waals surface area contributed by atoms with Gasteiger partial charge in [0.1, 0.15) is 11.6 Å². The number of pyridine rings is 2. The zero-order valence-electron chi connectivity index (χ0n) is 20.2. The SMILES string of the molecule is CN(Nc1cc(-c2nc(N3CCNCC3)c3c(C4CC4)cncc3n2)ccn1)C(=O)c1ccccc1. The number of nitrogens with one attached hydrogen (secondary N) is 2. The summed E-state index contributed by atoms with van der Waals surface area (Å²) in [6, 6.07) is 12.9. The lowest BCUT2D eigenvalue weighted by Crippen LogP contribution is -2.44. The van der Waals surface area contributed by atoms with Crippen molar-refractivity contribution in [2.75, 3.05) is 43.6 Å². The molecular formula is C27H28N8O. The molecule has 1 aliphatic carbocycles. The molecule has 1 amide bonds. The molecule has 9 nitrogen and oxygen atoms in total. The van der Waals surface area contributed by atoms with Gasteiger partial charge in [0.2, 0.25) is 0 Å². The molecule has 0 bridgehead atoms. The van der Waals surface area contributed by atoms with Gasteiger partial charge in [-0.2, -0.15) is 0 Å². The van der Waals surface area contributed by atoms with Crippen LogP contribution in [0.1, 0.15) is 34.7 Å². The summed E-state index contributed by atoms with van der Waals surface area (Å²) in [5, 5.41) is 5.98. The highest BCUT2D eigenvalue weighted by atomic mass is 16.2. The first-order valence-corrected chi connectivity index (χ1v) is 12.3. The Hall–Kier alpha value is -4.11. The van der Waals surface area contributed by atoms with Gasteiger partial charge in [-0.05, 0) is 48.6 Å². The number of fused-ring (bicyclic) bond motifs is 1. The third kappa shape index (κ3) is 4.45. The Morgan fingerprint density at radius 3 is 2.67 bits per heavy atom. The minimum Gasteiger partial charge on any atom is -0.353 e. The van der Waals surface area contributed by atoms with Crippen molar-refractivity contribution in [3.8, 4) is 11.4 Å². The van der Waals surface area contributed by atoms with Crippen LogP contribution in [0.15, 0.2) is 61.1 Å². The van der Waals surface area contributed by atoms with Gasteiger partial charge in [0, 0.05) is 62.1 Å². The smallest absolute Gasteiger partial charge is 0.271 e. The number of hydrazine groups is 1. The number of anilines is 2. The van der Waals surface area contributed by atoms with Crippen molar-refractivity contribution in [1.82, 2.24) is 30.3 Å². The Balaban J connectivity index is 1.35. The minimum absolute atomic E-state index is 0.149. The van der Waals surface area contributed by atoms with Crippen LogP contribution >= 0.6 is 0 Å². The van der Waals surface area contributed by atoms with Gasteiger partial charge < -0.3 is 10.2 Å². The number of hydrogen-bond acceptors (Lipinski definition) is 8. The number of nitrogens with zero attached hydrogens (tertiary/aromatic N) is 6. The first-order valence-electron chi connectivity index (χ1n) is 12.3. The molecule has 4 heterocycles. The molecule has 6 rings (SSSR count). The van der Waals surface area contributed by atoms with Crippen molar-refractivity contribution in [3.63, 3.8) is 0 Å². The van der Waals surface area contributed by atoms with E-state index in [4.69, 9.17) is 9.97 Å². The zero-order chi connectivity index (χ0) is 24.5. The van der Waals surface area contributed by atoms with Crippen LogP contribution in [0.3, 0.4) is 0 Å². The second-order valence-corrected chi connectivity index (χ2v) is 9.28. The van der Waals surface area contributed by atoms with Crippen LogP contribution in [0.4, 0.5) is 11.6 Å². The monoisotopic (exact) mass is 480 g/mol. The van der Waals surface area contributed by atoms with E-state index in [1.165, 1.54) is 23.4 Å². The Bertz CT molecular complexity index is 1400. The highest BCUT2D eigenvalue weighted by molar-refractivity contribution is 5.95. The third-order valence-corrected chi connectivity index (χ3v) is 6.68. The molecule has 1 aliphatic heterocycles. The molecule has 0 atom stereocenters. The molecule has 0 radical (unpaired) electrons. The molecule has 9 heteroatoms. The van der Waals surface area contributed by atoms with E-state index in [0.717, 1.165) is 48.5 Å². The predicted octanol–water partition coefficient (Wildman–Crippen LogP) is 3.47. The van der Waals surface area contributed by atoms with Gasteiger partial charge in [-0.1, -0.05) is 18.2 Å². The van der Waals surface area contributed by atoms with Gasteiger partial charge >= 0.3 is 0 Å². The summed E-state index contributed by atoms with van der Waals surface area (Å²) in [5.41, 5.74) is 6.62. The molecule has 36 heavy (non-hydrogen) atoms. The number of carbonyl (C=O) groups excluding carboxylic acids is 1. The number of carbonyl (C=O) groups is 1. The summed E-state index contributed by atoms with van der Waals surface area (Å²) in [6.07, 6.45) is 7.92. The maximum atomic E-state index is 12.8. The number of hydrogen-bond donors (Lipinski definition) is 2. The summed E-state index contributed by atoms with van der Waals surface area (Å²) in [6.45, 7) is 3.65.